The van der Waals surface area contributed by atoms with Gasteiger partial charge < -0.3 is 0 Å². The Morgan fingerprint density at radius 2 is 2.60 bits per heavy atom. The molecule has 1 heterocycles. The Bertz CT molecular complexity index is 215. The van der Waals surface area contributed by atoms with Crippen molar-refractivity contribution in [1.29, 1.82) is 0 Å². The molecular weight excluding hydrogens is 166 g/mol. The van der Waals surface area contributed by atoms with Gasteiger partial charge in [-0.05, 0) is 11.8 Å². The van der Waals surface area contributed by atoms with Gasteiger partial charge in [0.2, 0.25) is 0 Å². The molecule has 0 spiro atoms. The number of nitrogens with zero attached hydrogens (tertiary/aromatic N) is 1. The molecule has 1 rings (SSSR count). The second kappa shape index (κ2) is 3.84. The number of hydrogen-bond donors (Lipinski definition) is 0. The Kier molecular flexibility index (Phi) is 3.03. The van der Waals surface area contributed by atoms with Gasteiger partial charge in [-0.25, -0.2) is 4.98 Å². The zero-order valence-corrected chi connectivity index (χ0v) is 7.17. The summed E-state index contributed by atoms with van der Waals surface area (Å²) in [6.45, 7) is 2.07. The molecule has 0 aliphatic carbocycles. The summed E-state index contributed by atoms with van der Waals surface area (Å²) >= 11 is 7.31. The summed E-state index contributed by atoms with van der Waals surface area (Å²) in [5, 5.41) is 1.50. The van der Waals surface area contributed by atoms with Crippen molar-refractivity contribution >= 4 is 23.4 Å². The standard InChI is InChI=1S/C7H7ClNS/c1-2-10-7-5-6(8)3-4-9-7/h3-4H,2H2,1H3. The zero-order chi connectivity index (χ0) is 7.40. The maximum atomic E-state index is 5.67. The molecule has 0 bridgehead atoms. The lowest BCUT2D eigenvalue weighted by atomic mass is 10.5. The van der Waals surface area contributed by atoms with E-state index in [0.717, 1.165) is 10.8 Å². The van der Waals surface area contributed by atoms with Gasteiger partial charge >= 0.3 is 0 Å². The van der Waals surface area contributed by atoms with Gasteiger partial charge in [0.1, 0.15) is 5.03 Å². The first kappa shape index (κ1) is 7.89. The van der Waals surface area contributed by atoms with Crippen LogP contribution in [-0.4, -0.2) is 10.7 Å². The summed E-state index contributed by atoms with van der Waals surface area (Å²) in [6, 6.07) is 4.65. The molecule has 1 aromatic heterocycles. The Balaban J connectivity index is 2.75. The first-order valence-electron chi connectivity index (χ1n) is 2.99. The molecule has 0 aromatic carbocycles. The van der Waals surface area contributed by atoms with Gasteiger partial charge in [-0.15, -0.1) is 11.8 Å². The van der Waals surface area contributed by atoms with Gasteiger partial charge in [0.15, 0.2) is 0 Å². The van der Waals surface area contributed by atoms with Gasteiger partial charge in [0.25, 0.3) is 0 Å². The number of rotatable bonds is 2. The lowest BCUT2D eigenvalue weighted by Gasteiger charge is -1.94. The van der Waals surface area contributed by atoms with Crippen LogP contribution in [0.4, 0.5) is 0 Å². The van der Waals surface area contributed by atoms with Crippen molar-refractivity contribution in [3.8, 4) is 0 Å². The quantitative estimate of drug-likeness (QED) is 0.637. The van der Waals surface area contributed by atoms with Crippen LogP contribution in [0, 0.1) is 6.07 Å². The molecular formula is C7H7ClNS. The third kappa shape index (κ3) is 2.20. The third-order valence-electron chi connectivity index (χ3n) is 0.920. The number of aromatic nitrogens is 1. The van der Waals surface area contributed by atoms with Gasteiger partial charge in [-0.1, -0.05) is 18.5 Å². The van der Waals surface area contributed by atoms with E-state index in [9.17, 15) is 0 Å². The SMILES string of the molecule is CCSc1[c]c(Cl)ccn1. The van der Waals surface area contributed by atoms with Crippen molar-refractivity contribution in [2.75, 3.05) is 5.75 Å². The Morgan fingerprint density at radius 1 is 1.80 bits per heavy atom. The molecule has 0 amide bonds. The van der Waals surface area contributed by atoms with Crippen LogP contribution in [0.2, 0.25) is 5.02 Å². The van der Waals surface area contributed by atoms with E-state index >= 15 is 0 Å². The first-order chi connectivity index (χ1) is 4.83. The summed E-state index contributed by atoms with van der Waals surface area (Å²) in [6.07, 6.45) is 1.69. The lowest BCUT2D eigenvalue weighted by Crippen LogP contribution is -1.78. The number of hydrogen-bond acceptors (Lipinski definition) is 2. The van der Waals surface area contributed by atoms with Crippen molar-refractivity contribution < 1.29 is 0 Å². The summed E-state index contributed by atoms with van der Waals surface area (Å²) in [5.74, 6) is 1.00. The van der Waals surface area contributed by atoms with E-state index in [-0.39, 0.29) is 0 Å². The largest absolute Gasteiger partial charge is 0.249 e. The van der Waals surface area contributed by atoms with Crippen LogP contribution in [0.3, 0.4) is 0 Å². The second-order valence-corrected chi connectivity index (χ2v) is 3.32. The molecule has 10 heavy (non-hydrogen) atoms. The predicted octanol–water partition coefficient (Wildman–Crippen LogP) is 2.65. The van der Waals surface area contributed by atoms with Crippen LogP contribution in [-0.2, 0) is 0 Å². The third-order valence-corrected chi connectivity index (χ3v) is 1.91. The van der Waals surface area contributed by atoms with Crippen LogP contribution >= 0.6 is 23.4 Å². The van der Waals surface area contributed by atoms with Crippen molar-refractivity contribution in [3.63, 3.8) is 0 Å². The summed E-state index contributed by atoms with van der Waals surface area (Å²) in [7, 11) is 0. The molecule has 1 aromatic rings. The maximum absolute atomic E-state index is 5.67. The van der Waals surface area contributed by atoms with E-state index in [4.69, 9.17) is 11.6 Å². The van der Waals surface area contributed by atoms with Crippen molar-refractivity contribution in [2.45, 2.75) is 11.9 Å². The Labute approximate surface area is 69.8 Å². The number of thioether (sulfide) groups is 1. The second-order valence-electron chi connectivity index (χ2n) is 1.66. The lowest BCUT2D eigenvalue weighted by molar-refractivity contribution is 1.13. The van der Waals surface area contributed by atoms with Gasteiger partial charge in [-0.3, -0.25) is 0 Å². The minimum Gasteiger partial charge on any atom is -0.249 e. The minimum atomic E-state index is 0.631. The summed E-state index contributed by atoms with van der Waals surface area (Å²) in [5.41, 5.74) is 0. The summed E-state index contributed by atoms with van der Waals surface area (Å²) in [4.78, 5) is 4.05. The van der Waals surface area contributed by atoms with E-state index in [2.05, 4.69) is 18.0 Å². The first-order valence-corrected chi connectivity index (χ1v) is 4.36. The number of halogens is 1. The molecule has 0 saturated heterocycles. The van der Waals surface area contributed by atoms with Gasteiger partial charge in [0, 0.05) is 12.3 Å². The fourth-order valence-electron chi connectivity index (χ4n) is 0.557. The normalized spacial score (nSPS) is 9.80. The fourth-order valence-corrected chi connectivity index (χ4v) is 1.35. The van der Waals surface area contributed by atoms with Crippen LogP contribution in [0.15, 0.2) is 17.3 Å². The van der Waals surface area contributed by atoms with Crippen LogP contribution < -0.4 is 0 Å². The molecule has 0 atom stereocenters. The highest BCUT2D eigenvalue weighted by Gasteiger charge is 1.93. The Morgan fingerprint density at radius 3 is 3.20 bits per heavy atom. The van der Waals surface area contributed by atoms with Gasteiger partial charge in [0.05, 0.1) is 5.02 Å². The summed E-state index contributed by atoms with van der Waals surface area (Å²) < 4.78 is 0. The predicted molar refractivity (Wildman–Crippen MR) is 44.5 cm³/mol. The van der Waals surface area contributed by atoms with E-state index < -0.39 is 0 Å². The van der Waals surface area contributed by atoms with E-state index in [1.165, 1.54) is 0 Å². The van der Waals surface area contributed by atoms with Crippen LogP contribution in [0.25, 0.3) is 0 Å². The topological polar surface area (TPSA) is 12.9 Å². The highest BCUT2D eigenvalue weighted by atomic mass is 35.5. The van der Waals surface area contributed by atoms with Crippen molar-refractivity contribution in [1.82, 2.24) is 4.98 Å². The van der Waals surface area contributed by atoms with E-state index in [0.29, 0.717) is 5.02 Å². The molecule has 1 nitrogen and oxygen atoms in total. The van der Waals surface area contributed by atoms with E-state index in [1.807, 2.05) is 0 Å². The van der Waals surface area contributed by atoms with Crippen molar-refractivity contribution in [2.24, 2.45) is 0 Å². The number of pyridine rings is 1. The molecule has 0 aliphatic rings. The smallest absolute Gasteiger partial charge is 0.105 e. The molecule has 0 fully saturated rings. The van der Waals surface area contributed by atoms with E-state index in [1.54, 1.807) is 24.0 Å². The molecule has 53 valence electrons. The Hall–Kier alpha value is -0.210. The van der Waals surface area contributed by atoms with Crippen LogP contribution in [0.1, 0.15) is 6.92 Å². The molecule has 1 radical (unpaired) electrons. The van der Waals surface area contributed by atoms with Gasteiger partial charge in [-0.2, -0.15) is 0 Å². The average molecular weight is 173 g/mol. The van der Waals surface area contributed by atoms with Crippen molar-refractivity contribution in [3.05, 3.63) is 23.4 Å². The highest BCUT2D eigenvalue weighted by molar-refractivity contribution is 7.99. The zero-order valence-electron chi connectivity index (χ0n) is 5.60. The minimum absolute atomic E-state index is 0.631. The average Bonchev–Trinajstić information content (AvgIpc) is 1.88. The maximum Gasteiger partial charge on any atom is 0.105 e. The molecule has 0 unspecified atom stereocenters. The molecule has 0 aliphatic heterocycles. The highest BCUT2D eigenvalue weighted by Crippen LogP contribution is 2.16. The monoisotopic (exact) mass is 172 g/mol. The molecule has 0 saturated carbocycles. The molecule has 0 N–H and O–H groups in total. The fraction of sp³-hybridized carbons (Fsp3) is 0.286. The van der Waals surface area contributed by atoms with Crippen LogP contribution in [0.5, 0.6) is 0 Å². The molecule has 3 heteroatoms.